The molecule has 22 heavy (non-hydrogen) atoms. The first-order valence-corrected chi connectivity index (χ1v) is 7.43. The van der Waals surface area contributed by atoms with E-state index in [4.69, 9.17) is 4.98 Å². The van der Waals surface area contributed by atoms with E-state index in [9.17, 15) is 0 Å². The number of aryl methyl sites for hydroxylation is 1. The van der Waals surface area contributed by atoms with Gasteiger partial charge in [0.15, 0.2) is 0 Å². The second-order valence-corrected chi connectivity index (χ2v) is 5.47. The maximum absolute atomic E-state index is 4.77. The lowest BCUT2D eigenvalue weighted by atomic mass is 9.99. The third kappa shape index (κ3) is 2.09. The van der Waals surface area contributed by atoms with Gasteiger partial charge in [-0.25, -0.2) is 4.98 Å². The minimum absolute atomic E-state index is 0.920. The van der Waals surface area contributed by atoms with Gasteiger partial charge in [0.1, 0.15) is 5.82 Å². The van der Waals surface area contributed by atoms with Crippen molar-refractivity contribution >= 4 is 11.0 Å². The monoisotopic (exact) mass is 284 g/mol. The van der Waals surface area contributed by atoms with Crippen LogP contribution >= 0.6 is 0 Å². The topological polar surface area (TPSA) is 28.7 Å². The minimum Gasteiger partial charge on any atom is -0.338 e. The standard InChI is InChI=1S/C20H16N2/c1-14-8-7-13-18-19(14)22-20(21-18)17-12-6-5-11-16(17)15-9-3-2-4-10-15/h2-13H,1H3,(H,21,22). The highest BCUT2D eigenvalue weighted by Crippen LogP contribution is 2.31. The summed E-state index contributed by atoms with van der Waals surface area (Å²) in [6, 6.07) is 25.0. The lowest BCUT2D eigenvalue weighted by Gasteiger charge is -2.07. The number of nitrogens with one attached hydrogen (secondary N) is 1. The van der Waals surface area contributed by atoms with Crippen LogP contribution in [0.2, 0.25) is 0 Å². The highest BCUT2D eigenvalue weighted by molar-refractivity contribution is 5.87. The van der Waals surface area contributed by atoms with Gasteiger partial charge >= 0.3 is 0 Å². The molecule has 2 heteroatoms. The largest absolute Gasteiger partial charge is 0.338 e. The number of nitrogens with zero attached hydrogens (tertiary/aromatic N) is 1. The van der Waals surface area contributed by atoms with E-state index in [0.717, 1.165) is 22.4 Å². The van der Waals surface area contributed by atoms with Crippen LogP contribution in [0.25, 0.3) is 33.5 Å². The van der Waals surface area contributed by atoms with Gasteiger partial charge in [-0.1, -0.05) is 66.7 Å². The predicted octanol–water partition coefficient (Wildman–Crippen LogP) is 5.21. The van der Waals surface area contributed by atoms with Crippen molar-refractivity contribution < 1.29 is 0 Å². The average Bonchev–Trinajstić information content (AvgIpc) is 3.01. The smallest absolute Gasteiger partial charge is 0.139 e. The molecule has 0 unspecified atom stereocenters. The molecule has 4 aromatic rings. The molecule has 0 bridgehead atoms. The van der Waals surface area contributed by atoms with Gasteiger partial charge in [-0.3, -0.25) is 0 Å². The maximum Gasteiger partial charge on any atom is 0.139 e. The molecule has 1 N–H and O–H groups in total. The van der Waals surface area contributed by atoms with Crippen LogP contribution < -0.4 is 0 Å². The number of rotatable bonds is 2. The molecule has 0 spiro atoms. The summed E-state index contributed by atoms with van der Waals surface area (Å²) in [6.45, 7) is 2.10. The van der Waals surface area contributed by atoms with Crippen LogP contribution in [0.4, 0.5) is 0 Å². The number of benzene rings is 3. The number of hydrogen-bond acceptors (Lipinski definition) is 1. The van der Waals surface area contributed by atoms with Crippen LogP contribution in [0.1, 0.15) is 5.56 Å². The summed E-state index contributed by atoms with van der Waals surface area (Å²) in [6.07, 6.45) is 0. The molecule has 1 aromatic heterocycles. The van der Waals surface area contributed by atoms with Crippen molar-refractivity contribution in [1.29, 1.82) is 0 Å². The Kier molecular flexibility index (Phi) is 3.01. The summed E-state index contributed by atoms with van der Waals surface area (Å²) in [7, 11) is 0. The molecule has 4 rings (SSSR count). The van der Waals surface area contributed by atoms with E-state index in [1.807, 2.05) is 18.2 Å². The average molecular weight is 284 g/mol. The molecule has 0 saturated heterocycles. The van der Waals surface area contributed by atoms with E-state index in [-0.39, 0.29) is 0 Å². The number of aromatic amines is 1. The maximum atomic E-state index is 4.77. The van der Waals surface area contributed by atoms with Crippen molar-refractivity contribution in [3.05, 3.63) is 78.4 Å². The van der Waals surface area contributed by atoms with E-state index in [1.165, 1.54) is 16.7 Å². The summed E-state index contributed by atoms with van der Waals surface area (Å²) < 4.78 is 0. The number of fused-ring (bicyclic) bond motifs is 1. The normalized spacial score (nSPS) is 11.0. The Labute approximate surface area is 129 Å². The van der Waals surface area contributed by atoms with Gasteiger partial charge in [0.2, 0.25) is 0 Å². The SMILES string of the molecule is Cc1cccc2nc(-c3ccccc3-c3ccccc3)[nH]c12. The Hall–Kier alpha value is -2.87. The molecule has 0 fully saturated rings. The highest BCUT2D eigenvalue weighted by Gasteiger charge is 2.11. The van der Waals surface area contributed by atoms with Crippen molar-refractivity contribution in [1.82, 2.24) is 9.97 Å². The number of aromatic nitrogens is 2. The first-order chi connectivity index (χ1) is 10.8. The molecule has 0 atom stereocenters. The second kappa shape index (κ2) is 5.15. The molecule has 0 aliphatic heterocycles. The Morgan fingerprint density at radius 2 is 1.45 bits per heavy atom. The molecule has 106 valence electrons. The van der Waals surface area contributed by atoms with Crippen molar-refractivity contribution in [3.63, 3.8) is 0 Å². The fraction of sp³-hybridized carbons (Fsp3) is 0.0500. The van der Waals surface area contributed by atoms with Crippen LogP contribution in [0.5, 0.6) is 0 Å². The first kappa shape index (κ1) is 12.8. The van der Waals surface area contributed by atoms with E-state index < -0.39 is 0 Å². The quantitative estimate of drug-likeness (QED) is 0.538. The minimum atomic E-state index is 0.920. The fourth-order valence-electron chi connectivity index (χ4n) is 2.86. The molecule has 2 nitrogen and oxygen atoms in total. The number of hydrogen-bond donors (Lipinski definition) is 1. The Balaban J connectivity index is 1.94. The van der Waals surface area contributed by atoms with E-state index in [2.05, 4.69) is 66.5 Å². The molecule has 0 aliphatic carbocycles. The summed E-state index contributed by atoms with van der Waals surface area (Å²) in [5, 5.41) is 0. The molecule has 0 saturated carbocycles. The highest BCUT2D eigenvalue weighted by atomic mass is 14.9. The molecule has 0 aliphatic rings. The second-order valence-electron chi connectivity index (χ2n) is 5.47. The van der Waals surface area contributed by atoms with E-state index >= 15 is 0 Å². The van der Waals surface area contributed by atoms with Crippen molar-refractivity contribution in [2.24, 2.45) is 0 Å². The summed E-state index contributed by atoms with van der Waals surface area (Å²) in [5.41, 5.74) is 6.87. The van der Waals surface area contributed by atoms with Crippen molar-refractivity contribution in [2.75, 3.05) is 0 Å². The lowest BCUT2D eigenvalue weighted by molar-refractivity contribution is 1.33. The van der Waals surface area contributed by atoms with E-state index in [0.29, 0.717) is 0 Å². The zero-order valence-electron chi connectivity index (χ0n) is 12.4. The van der Waals surface area contributed by atoms with Crippen LogP contribution in [0.15, 0.2) is 72.8 Å². The summed E-state index contributed by atoms with van der Waals surface area (Å²) >= 11 is 0. The van der Waals surface area contributed by atoms with Crippen LogP contribution in [-0.4, -0.2) is 9.97 Å². The van der Waals surface area contributed by atoms with Crippen LogP contribution in [0.3, 0.4) is 0 Å². The lowest BCUT2D eigenvalue weighted by Crippen LogP contribution is -1.86. The van der Waals surface area contributed by atoms with Gasteiger partial charge in [0.05, 0.1) is 11.0 Å². The van der Waals surface area contributed by atoms with Crippen LogP contribution in [-0.2, 0) is 0 Å². The summed E-state index contributed by atoms with van der Waals surface area (Å²) in [5.74, 6) is 0.920. The molecule has 0 radical (unpaired) electrons. The van der Waals surface area contributed by atoms with E-state index in [1.54, 1.807) is 0 Å². The molecule has 0 amide bonds. The van der Waals surface area contributed by atoms with Crippen LogP contribution in [0, 0.1) is 6.92 Å². The number of imidazole rings is 1. The Morgan fingerprint density at radius 3 is 2.23 bits per heavy atom. The van der Waals surface area contributed by atoms with Gasteiger partial charge in [-0.15, -0.1) is 0 Å². The fourth-order valence-corrected chi connectivity index (χ4v) is 2.86. The molecule has 3 aromatic carbocycles. The Bertz CT molecular complexity index is 936. The number of H-pyrrole nitrogens is 1. The number of para-hydroxylation sites is 1. The first-order valence-electron chi connectivity index (χ1n) is 7.43. The predicted molar refractivity (Wildman–Crippen MR) is 91.7 cm³/mol. The van der Waals surface area contributed by atoms with Gasteiger partial charge in [-0.05, 0) is 29.7 Å². The molecular weight excluding hydrogens is 268 g/mol. The van der Waals surface area contributed by atoms with Crippen molar-refractivity contribution in [3.8, 4) is 22.5 Å². The van der Waals surface area contributed by atoms with Gasteiger partial charge < -0.3 is 4.98 Å². The zero-order chi connectivity index (χ0) is 14.9. The van der Waals surface area contributed by atoms with Gasteiger partial charge in [-0.2, -0.15) is 0 Å². The van der Waals surface area contributed by atoms with Crippen molar-refractivity contribution in [2.45, 2.75) is 6.92 Å². The third-order valence-corrected chi connectivity index (χ3v) is 3.99. The van der Waals surface area contributed by atoms with Gasteiger partial charge in [0, 0.05) is 5.56 Å². The summed E-state index contributed by atoms with van der Waals surface area (Å²) in [4.78, 5) is 8.25. The Morgan fingerprint density at radius 1 is 0.727 bits per heavy atom. The van der Waals surface area contributed by atoms with Gasteiger partial charge in [0.25, 0.3) is 0 Å². The third-order valence-electron chi connectivity index (χ3n) is 3.99. The zero-order valence-corrected chi connectivity index (χ0v) is 12.4. The molecule has 1 heterocycles. The molecular formula is C20H16N2.